The van der Waals surface area contributed by atoms with Gasteiger partial charge in [0.05, 0.1) is 18.2 Å². The van der Waals surface area contributed by atoms with Crippen molar-refractivity contribution >= 4 is 33.8 Å². The molecule has 0 aromatic heterocycles. The molecule has 0 saturated carbocycles. The predicted molar refractivity (Wildman–Crippen MR) is 112 cm³/mol. The second-order valence-electron chi connectivity index (χ2n) is 6.59. The summed E-state index contributed by atoms with van der Waals surface area (Å²) in [6.45, 7) is 1.13. The van der Waals surface area contributed by atoms with Crippen LogP contribution in [0.25, 0.3) is 0 Å². The normalized spacial score (nSPS) is 12.7. The van der Waals surface area contributed by atoms with Crippen molar-refractivity contribution < 1.29 is 19.1 Å². The highest BCUT2D eigenvalue weighted by atomic mass is 79.9. The third-order valence-corrected chi connectivity index (χ3v) is 5.13. The van der Waals surface area contributed by atoms with Gasteiger partial charge in [-0.2, -0.15) is 0 Å². The van der Waals surface area contributed by atoms with E-state index in [4.69, 9.17) is 4.74 Å². The maximum Gasteiger partial charge on any atom is 0.314 e. The minimum Gasteiger partial charge on any atom is -0.497 e. The molecule has 0 aliphatic carbocycles. The van der Waals surface area contributed by atoms with E-state index in [-0.39, 0.29) is 24.4 Å². The third-order valence-electron chi connectivity index (χ3n) is 4.64. The fourth-order valence-electron chi connectivity index (χ4n) is 3.08. The summed E-state index contributed by atoms with van der Waals surface area (Å²) in [6.07, 6.45) is 1.19. The molecule has 2 N–H and O–H groups in total. The number of carbonyl (C=O) groups is 3. The zero-order valence-corrected chi connectivity index (χ0v) is 17.6. The highest BCUT2D eigenvalue weighted by Gasteiger charge is 2.34. The van der Waals surface area contributed by atoms with E-state index in [9.17, 15) is 14.4 Å². The van der Waals surface area contributed by atoms with E-state index in [2.05, 4.69) is 26.6 Å². The van der Waals surface area contributed by atoms with Crippen molar-refractivity contribution in [1.29, 1.82) is 0 Å². The first-order valence-electron chi connectivity index (χ1n) is 9.30. The van der Waals surface area contributed by atoms with Crippen LogP contribution in [0.4, 0.5) is 4.79 Å². The molecule has 1 aliphatic heterocycles. The molecular formula is C21H22BrN3O4. The third kappa shape index (κ3) is 5.14. The number of halogens is 1. The molecule has 8 heteroatoms. The van der Waals surface area contributed by atoms with E-state index >= 15 is 0 Å². The topological polar surface area (TPSA) is 87.7 Å². The number of amides is 4. The number of nitrogens with one attached hydrogen (secondary N) is 2. The molecule has 0 radical (unpaired) electrons. The average molecular weight is 460 g/mol. The van der Waals surface area contributed by atoms with Gasteiger partial charge in [-0.25, -0.2) is 4.79 Å². The van der Waals surface area contributed by atoms with Gasteiger partial charge in [0.25, 0.3) is 11.8 Å². The molecule has 1 aliphatic rings. The second kappa shape index (κ2) is 9.56. The summed E-state index contributed by atoms with van der Waals surface area (Å²) in [7, 11) is 1.62. The zero-order valence-electron chi connectivity index (χ0n) is 16.0. The lowest BCUT2D eigenvalue weighted by Gasteiger charge is -2.14. The fourth-order valence-corrected chi connectivity index (χ4v) is 3.44. The first-order chi connectivity index (χ1) is 14.0. The number of rotatable bonds is 8. The van der Waals surface area contributed by atoms with Crippen LogP contribution in [-0.4, -0.2) is 49.5 Å². The smallest absolute Gasteiger partial charge is 0.314 e. The first-order valence-corrected chi connectivity index (χ1v) is 10.1. The van der Waals surface area contributed by atoms with Gasteiger partial charge in [0.2, 0.25) is 0 Å². The molecule has 1 heterocycles. The van der Waals surface area contributed by atoms with Gasteiger partial charge < -0.3 is 15.4 Å². The molecule has 4 amide bonds. The van der Waals surface area contributed by atoms with Crippen LogP contribution in [0.15, 0.2) is 46.9 Å². The van der Waals surface area contributed by atoms with Crippen molar-refractivity contribution in [2.75, 3.05) is 26.7 Å². The number of carbonyl (C=O) groups excluding carboxylic acids is 3. The Morgan fingerprint density at radius 3 is 2.41 bits per heavy atom. The van der Waals surface area contributed by atoms with Gasteiger partial charge in [-0.3, -0.25) is 14.5 Å². The highest BCUT2D eigenvalue weighted by Crippen LogP contribution is 2.25. The van der Waals surface area contributed by atoms with Crippen molar-refractivity contribution in [3.8, 4) is 5.75 Å². The molecule has 152 valence electrons. The van der Waals surface area contributed by atoms with E-state index < -0.39 is 0 Å². The van der Waals surface area contributed by atoms with E-state index in [1.54, 1.807) is 25.3 Å². The summed E-state index contributed by atoms with van der Waals surface area (Å²) in [6, 6.07) is 12.5. The minimum atomic E-state index is -0.296. The summed E-state index contributed by atoms with van der Waals surface area (Å²) >= 11 is 3.31. The number of nitrogens with zero attached hydrogens (tertiary/aromatic N) is 1. The van der Waals surface area contributed by atoms with E-state index in [0.717, 1.165) is 15.8 Å². The standard InChI is InChI=1S/C21H22BrN3O4/c1-29-16-6-3-14(4-7-16)9-11-24-21(28)23-10-2-12-25-19(26)17-8-5-15(22)13-18(17)20(25)27/h3-8,13H,2,9-12H2,1H3,(H2,23,24,28). The van der Waals surface area contributed by atoms with Gasteiger partial charge in [-0.15, -0.1) is 0 Å². The van der Waals surface area contributed by atoms with Gasteiger partial charge in [0.15, 0.2) is 0 Å². The van der Waals surface area contributed by atoms with Crippen molar-refractivity contribution in [2.45, 2.75) is 12.8 Å². The van der Waals surface area contributed by atoms with Crippen LogP contribution in [0, 0.1) is 0 Å². The highest BCUT2D eigenvalue weighted by molar-refractivity contribution is 9.10. The SMILES string of the molecule is COc1ccc(CCNC(=O)NCCCN2C(=O)c3ccc(Br)cc3C2=O)cc1. The summed E-state index contributed by atoms with van der Waals surface area (Å²) in [4.78, 5) is 37.8. The molecule has 0 spiro atoms. The lowest BCUT2D eigenvalue weighted by atomic mass is 10.1. The first kappa shape index (κ1) is 20.9. The molecule has 3 rings (SSSR count). The molecule has 0 atom stereocenters. The number of fused-ring (bicyclic) bond motifs is 1. The van der Waals surface area contributed by atoms with Gasteiger partial charge in [-0.1, -0.05) is 28.1 Å². The summed E-state index contributed by atoms with van der Waals surface area (Å²) in [5.41, 5.74) is 1.93. The number of imide groups is 1. The Morgan fingerprint density at radius 1 is 1.00 bits per heavy atom. The minimum absolute atomic E-state index is 0.260. The quantitative estimate of drug-likeness (QED) is 0.469. The maximum absolute atomic E-state index is 12.4. The number of hydrogen-bond acceptors (Lipinski definition) is 4. The number of ether oxygens (including phenoxy) is 1. The van der Waals surface area contributed by atoms with Crippen LogP contribution in [0.2, 0.25) is 0 Å². The van der Waals surface area contributed by atoms with Crippen LogP contribution in [0.1, 0.15) is 32.7 Å². The van der Waals surface area contributed by atoms with Crippen LogP contribution in [-0.2, 0) is 6.42 Å². The van der Waals surface area contributed by atoms with Crippen LogP contribution in [0.3, 0.4) is 0 Å². The van der Waals surface area contributed by atoms with Gasteiger partial charge in [0.1, 0.15) is 5.75 Å². The van der Waals surface area contributed by atoms with Crippen molar-refractivity contribution in [3.63, 3.8) is 0 Å². The summed E-state index contributed by atoms with van der Waals surface area (Å²) in [5.74, 6) is 0.210. The molecule has 0 fully saturated rings. The van der Waals surface area contributed by atoms with Crippen LogP contribution < -0.4 is 15.4 Å². The van der Waals surface area contributed by atoms with E-state index in [0.29, 0.717) is 37.1 Å². The molecule has 0 bridgehead atoms. The Labute approximate surface area is 177 Å². The Kier molecular flexibility index (Phi) is 6.87. The van der Waals surface area contributed by atoms with E-state index in [1.807, 2.05) is 24.3 Å². The lowest BCUT2D eigenvalue weighted by Crippen LogP contribution is -2.38. The number of hydrogen-bond donors (Lipinski definition) is 2. The van der Waals surface area contributed by atoms with Gasteiger partial charge >= 0.3 is 6.03 Å². The van der Waals surface area contributed by atoms with Crippen LogP contribution in [0.5, 0.6) is 5.75 Å². The average Bonchev–Trinajstić information content (AvgIpc) is 2.95. The molecule has 7 nitrogen and oxygen atoms in total. The fraction of sp³-hybridized carbons (Fsp3) is 0.286. The largest absolute Gasteiger partial charge is 0.497 e. The van der Waals surface area contributed by atoms with Crippen molar-refractivity contribution in [3.05, 3.63) is 63.6 Å². The predicted octanol–water partition coefficient (Wildman–Crippen LogP) is 2.99. The molecule has 0 saturated heterocycles. The lowest BCUT2D eigenvalue weighted by molar-refractivity contribution is 0.0653. The Morgan fingerprint density at radius 2 is 1.69 bits per heavy atom. The molecule has 29 heavy (non-hydrogen) atoms. The monoisotopic (exact) mass is 459 g/mol. The molecule has 0 unspecified atom stereocenters. The Bertz CT molecular complexity index is 915. The number of benzene rings is 2. The maximum atomic E-state index is 12.4. The zero-order chi connectivity index (χ0) is 20.8. The second-order valence-corrected chi connectivity index (χ2v) is 7.50. The number of urea groups is 1. The summed E-state index contributed by atoms with van der Waals surface area (Å²) in [5, 5.41) is 5.54. The number of methoxy groups -OCH3 is 1. The van der Waals surface area contributed by atoms with Crippen molar-refractivity contribution in [2.24, 2.45) is 0 Å². The molecular weight excluding hydrogens is 438 g/mol. The van der Waals surface area contributed by atoms with Gasteiger partial charge in [0, 0.05) is 24.1 Å². The van der Waals surface area contributed by atoms with E-state index in [1.165, 1.54) is 4.90 Å². The molecule has 2 aromatic rings. The Hall–Kier alpha value is -2.87. The van der Waals surface area contributed by atoms with Crippen molar-refractivity contribution in [1.82, 2.24) is 15.5 Å². The Balaban J connectivity index is 1.35. The van der Waals surface area contributed by atoms with Crippen LogP contribution >= 0.6 is 15.9 Å². The molecule has 2 aromatic carbocycles. The van der Waals surface area contributed by atoms with Gasteiger partial charge in [-0.05, 0) is 48.7 Å². The summed E-state index contributed by atoms with van der Waals surface area (Å²) < 4.78 is 5.87.